The highest BCUT2D eigenvalue weighted by molar-refractivity contribution is 5.19. The van der Waals surface area contributed by atoms with Crippen molar-refractivity contribution in [1.29, 1.82) is 0 Å². The van der Waals surface area contributed by atoms with Gasteiger partial charge in [0.2, 0.25) is 0 Å². The molecule has 0 atom stereocenters. The molecule has 0 aliphatic heterocycles. The maximum atomic E-state index is 4.56. The first-order valence-electron chi connectivity index (χ1n) is 6.51. The topological polar surface area (TPSA) is 46.8 Å². The third kappa shape index (κ3) is 3.86. The third-order valence-corrected chi connectivity index (χ3v) is 3.11. The zero-order valence-corrected chi connectivity index (χ0v) is 12.1. The van der Waals surface area contributed by atoms with Crippen molar-refractivity contribution in [2.45, 2.75) is 33.9 Å². The molecule has 0 aliphatic rings. The third-order valence-electron chi connectivity index (χ3n) is 3.11. The maximum Gasteiger partial charge on any atom is 0.129 e. The normalized spacial score (nSPS) is 11.2. The van der Waals surface area contributed by atoms with Crippen molar-refractivity contribution < 1.29 is 0 Å². The Hall–Kier alpha value is -1.75. The van der Waals surface area contributed by atoms with Gasteiger partial charge in [-0.25, -0.2) is 0 Å². The summed E-state index contributed by atoms with van der Waals surface area (Å²) in [6.07, 6.45) is 1.78. The van der Waals surface area contributed by atoms with E-state index in [-0.39, 0.29) is 0 Å². The Bertz CT molecular complexity index is 526. The van der Waals surface area contributed by atoms with Crippen LogP contribution in [-0.2, 0) is 13.1 Å². The molecule has 0 unspecified atom stereocenters. The molecule has 2 rings (SSSR count). The van der Waals surface area contributed by atoms with Crippen molar-refractivity contribution >= 4 is 0 Å². The molecule has 102 valence electrons. The largest absolute Gasteiger partial charge is 0.317 e. The molecular weight excluding hydrogens is 238 g/mol. The average Bonchev–Trinajstić information content (AvgIpc) is 2.71. The van der Waals surface area contributed by atoms with Crippen LogP contribution >= 0.6 is 0 Å². The van der Waals surface area contributed by atoms with Gasteiger partial charge in [0.25, 0.3) is 0 Å². The summed E-state index contributed by atoms with van der Waals surface area (Å²) in [7, 11) is 2.11. The molecule has 0 saturated carbocycles. The van der Waals surface area contributed by atoms with Crippen LogP contribution in [0.5, 0.6) is 0 Å². The molecule has 0 aromatic carbocycles. The Morgan fingerprint density at radius 2 is 2.00 bits per heavy atom. The minimum atomic E-state index is 0.865. The lowest BCUT2D eigenvalue weighted by molar-refractivity contribution is 0.306. The lowest BCUT2D eigenvalue weighted by atomic mass is 10.2. The summed E-state index contributed by atoms with van der Waals surface area (Å²) in [5, 5.41) is 7.87. The Kier molecular flexibility index (Phi) is 4.27. The number of hydrogen-bond donors (Lipinski definition) is 0. The molecular formula is C14H21N5. The summed E-state index contributed by atoms with van der Waals surface area (Å²) in [6, 6.07) is 4.25. The van der Waals surface area contributed by atoms with E-state index in [4.69, 9.17) is 0 Å². The number of aryl methyl sites for hydroxylation is 3. The van der Waals surface area contributed by atoms with Crippen LogP contribution in [0.4, 0.5) is 0 Å². The van der Waals surface area contributed by atoms with Crippen molar-refractivity contribution in [3.8, 4) is 0 Å². The van der Waals surface area contributed by atoms with Gasteiger partial charge in [0, 0.05) is 25.3 Å². The van der Waals surface area contributed by atoms with E-state index in [1.807, 2.05) is 13.8 Å². The molecule has 0 spiro atoms. The van der Waals surface area contributed by atoms with Gasteiger partial charge in [0.15, 0.2) is 0 Å². The van der Waals surface area contributed by atoms with Crippen LogP contribution < -0.4 is 0 Å². The monoisotopic (exact) mass is 259 g/mol. The highest BCUT2D eigenvalue weighted by Crippen LogP contribution is 2.06. The van der Waals surface area contributed by atoms with E-state index >= 15 is 0 Å². The first kappa shape index (κ1) is 13.7. The molecule has 2 aromatic rings. The molecule has 0 saturated heterocycles. The van der Waals surface area contributed by atoms with Gasteiger partial charge < -0.3 is 4.57 Å². The summed E-state index contributed by atoms with van der Waals surface area (Å²) in [4.78, 5) is 6.83. The van der Waals surface area contributed by atoms with E-state index < -0.39 is 0 Å². The number of rotatable bonds is 5. The molecule has 19 heavy (non-hydrogen) atoms. The van der Waals surface area contributed by atoms with Crippen LogP contribution in [0.3, 0.4) is 0 Å². The summed E-state index contributed by atoms with van der Waals surface area (Å²) >= 11 is 0. The van der Waals surface area contributed by atoms with Gasteiger partial charge in [-0.3, -0.25) is 9.88 Å². The standard InChI is InChI=1S/C14H21N5/c1-11-7-12(2)16-14(8-11)9-18(4)5-6-19-10-15-17-13(19)3/h7-8,10H,5-6,9H2,1-4H3. The van der Waals surface area contributed by atoms with Crippen molar-refractivity contribution in [3.63, 3.8) is 0 Å². The number of likely N-dealkylation sites (N-methyl/N-ethyl adjacent to an activating group) is 1. The fraction of sp³-hybridized carbons (Fsp3) is 0.500. The molecule has 2 aromatic heterocycles. The summed E-state index contributed by atoms with van der Waals surface area (Å²) in [5.74, 6) is 0.956. The number of hydrogen-bond acceptors (Lipinski definition) is 4. The average molecular weight is 259 g/mol. The van der Waals surface area contributed by atoms with E-state index in [1.165, 1.54) is 5.56 Å². The maximum absolute atomic E-state index is 4.56. The lowest BCUT2D eigenvalue weighted by Gasteiger charge is -2.17. The number of nitrogens with zero attached hydrogens (tertiary/aromatic N) is 5. The van der Waals surface area contributed by atoms with Crippen LogP contribution in [-0.4, -0.2) is 38.2 Å². The predicted molar refractivity (Wildman–Crippen MR) is 74.8 cm³/mol. The Morgan fingerprint density at radius 1 is 1.21 bits per heavy atom. The van der Waals surface area contributed by atoms with Gasteiger partial charge in [-0.05, 0) is 45.5 Å². The van der Waals surface area contributed by atoms with Crippen LogP contribution in [0.15, 0.2) is 18.5 Å². The quantitative estimate of drug-likeness (QED) is 0.820. The van der Waals surface area contributed by atoms with Gasteiger partial charge in [0.1, 0.15) is 12.2 Å². The molecule has 0 radical (unpaired) electrons. The van der Waals surface area contributed by atoms with Crippen molar-refractivity contribution in [2.75, 3.05) is 13.6 Å². The fourth-order valence-electron chi connectivity index (χ4n) is 2.17. The Morgan fingerprint density at radius 3 is 2.63 bits per heavy atom. The Balaban J connectivity index is 1.90. The van der Waals surface area contributed by atoms with Gasteiger partial charge >= 0.3 is 0 Å². The first-order valence-corrected chi connectivity index (χ1v) is 6.51. The van der Waals surface area contributed by atoms with E-state index in [1.54, 1.807) is 6.33 Å². The van der Waals surface area contributed by atoms with Crippen LogP contribution in [0.2, 0.25) is 0 Å². The lowest BCUT2D eigenvalue weighted by Crippen LogP contribution is -2.23. The highest BCUT2D eigenvalue weighted by atomic mass is 15.3. The molecule has 2 heterocycles. The van der Waals surface area contributed by atoms with Crippen molar-refractivity contribution in [3.05, 3.63) is 41.2 Å². The molecule has 0 fully saturated rings. The SMILES string of the molecule is Cc1cc(C)nc(CN(C)CCn2cnnc2C)c1. The minimum absolute atomic E-state index is 0.865. The molecule has 0 N–H and O–H groups in total. The van der Waals surface area contributed by atoms with Crippen LogP contribution in [0, 0.1) is 20.8 Å². The van der Waals surface area contributed by atoms with Crippen molar-refractivity contribution in [1.82, 2.24) is 24.6 Å². The van der Waals surface area contributed by atoms with Gasteiger partial charge in [-0.15, -0.1) is 10.2 Å². The summed E-state index contributed by atoms with van der Waals surface area (Å²) in [6.45, 7) is 8.84. The molecule has 5 nitrogen and oxygen atoms in total. The second-order valence-electron chi connectivity index (χ2n) is 5.09. The predicted octanol–water partition coefficient (Wildman–Crippen LogP) is 1.73. The molecule has 0 bridgehead atoms. The van der Waals surface area contributed by atoms with Gasteiger partial charge in [-0.1, -0.05) is 0 Å². The first-order chi connectivity index (χ1) is 9.04. The fourth-order valence-corrected chi connectivity index (χ4v) is 2.17. The molecule has 0 aliphatic carbocycles. The smallest absolute Gasteiger partial charge is 0.129 e. The number of aromatic nitrogens is 4. The summed E-state index contributed by atoms with van der Waals surface area (Å²) < 4.78 is 2.06. The molecule has 0 amide bonds. The molecule has 5 heteroatoms. The zero-order valence-electron chi connectivity index (χ0n) is 12.1. The van der Waals surface area contributed by atoms with Crippen LogP contribution in [0.25, 0.3) is 0 Å². The minimum Gasteiger partial charge on any atom is -0.317 e. The van der Waals surface area contributed by atoms with E-state index in [0.717, 1.165) is 36.8 Å². The summed E-state index contributed by atoms with van der Waals surface area (Å²) in [5.41, 5.74) is 3.48. The van der Waals surface area contributed by atoms with Gasteiger partial charge in [0.05, 0.1) is 5.69 Å². The zero-order chi connectivity index (χ0) is 13.8. The van der Waals surface area contributed by atoms with Crippen LogP contribution in [0.1, 0.15) is 22.8 Å². The van der Waals surface area contributed by atoms with Crippen molar-refractivity contribution in [2.24, 2.45) is 0 Å². The highest BCUT2D eigenvalue weighted by Gasteiger charge is 2.04. The van der Waals surface area contributed by atoms with E-state index in [0.29, 0.717) is 0 Å². The Labute approximate surface area is 114 Å². The van der Waals surface area contributed by atoms with E-state index in [2.05, 4.69) is 50.8 Å². The van der Waals surface area contributed by atoms with Gasteiger partial charge in [-0.2, -0.15) is 0 Å². The second kappa shape index (κ2) is 5.93. The van der Waals surface area contributed by atoms with E-state index in [9.17, 15) is 0 Å². The number of pyridine rings is 1. The second-order valence-corrected chi connectivity index (χ2v) is 5.09.